The summed E-state index contributed by atoms with van der Waals surface area (Å²) in [6, 6.07) is 7.45. The van der Waals surface area contributed by atoms with E-state index in [1.165, 1.54) is 5.38 Å². The van der Waals surface area contributed by atoms with Crippen LogP contribution in [-0.4, -0.2) is 86.8 Å². The van der Waals surface area contributed by atoms with Gasteiger partial charge in [-0.25, -0.2) is 9.78 Å². The molecule has 1 aliphatic rings. The molecule has 0 bridgehead atoms. The lowest BCUT2D eigenvalue weighted by Gasteiger charge is -2.39. The first-order valence-corrected chi connectivity index (χ1v) is 18.0. The lowest BCUT2D eigenvalue weighted by Crippen LogP contribution is -2.50. The molecule has 2 unspecified atom stereocenters. The van der Waals surface area contributed by atoms with Crippen LogP contribution in [0.4, 0.5) is 0 Å². The van der Waals surface area contributed by atoms with Crippen LogP contribution >= 0.6 is 11.3 Å². The van der Waals surface area contributed by atoms with Gasteiger partial charge in [0.1, 0.15) is 22.8 Å². The molecule has 1 aliphatic heterocycles. The van der Waals surface area contributed by atoms with Crippen LogP contribution in [0.3, 0.4) is 0 Å². The standard InChI is InChI=1S/C36H54N4O6S/c1-7-17-40(35(44)26(24(5)8-2)20-31(41)29-16-12-13-18-39(29)6)30(23(3)4)21-32(42)34-38-28(22-47-34)33(43)37-27(36(45)46)19-25-14-10-9-11-15-25/h9-11,14-15,22-24,26-27,29-30,32,42H,7-8,12-13,16-21H2,1-6H3,(H,37,43)(H,45,46)/t24?,26-,27-,29?,30+,32+/m0/s1. The highest BCUT2D eigenvalue weighted by molar-refractivity contribution is 7.09. The van der Waals surface area contributed by atoms with Crippen LogP contribution in [0.5, 0.6) is 0 Å². The number of likely N-dealkylation sites (tertiary alicyclic amines) is 1. The van der Waals surface area contributed by atoms with E-state index in [1.807, 2.05) is 64.8 Å². The summed E-state index contributed by atoms with van der Waals surface area (Å²) in [4.78, 5) is 61.1. The zero-order valence-corrected chi connectivity index (χ0v) is 29.7. The van der Waals surface area contributed by atoms with Crippen molar-refractivity contribution in [3.8, 4) is 0 Å². The minimum Gasteiger partial charge on any atom is -0.480 e. The predicted octanol–water partition coefficient (Wildman–Crippen LogP) is 5.36. The first-order chi connectivity index (χ1) is 22.4. The quantitative estimate of drug-likeness (QED) is 0.193. The summed E-state index contributed by atoms with van der Waals surface area (Å²) in [7, 11) is 1.99. The lowest BCUT2D eigenvalue weighted by molar-refractivity contribution is -0.144. The summed E-state index contributed by atoms with van der Waals surface area (Å²) < 4.78 is 0. The topological polar surface area (TPSA) is 140 Å². The van der Waals surface area contributed by atoms with Crippen molar-refractivity contribution >= 4 is 34.9 Å². The van der Waals surface area contributed by atoms with Crippen LogP contribution in [0.15, 0.2) is 35.7 Å². The van der Waals surface area contributed by atoms with Crippen LogP contribution in [0.25, 0.3) is 0 Å². The fourth-order valence-electron chi connectivity index (χ4n) is 6.46. The average molecular weight is 671 g/mol. The van der Waals surface area contributed by atoms with Crippen molar-refractivity contribution in [3.05, 3.63) is 52.0 Å². The molecule has 2 aromatic rings. The molecule has 0 radical (unpaired) electrons. The van der Waals surface area contributed by atoms with Gasteiger partial charge in [0.05, 0.1) is 6.04 Å². The van der Waals surface area contributed by atoms with Crippen LogP contribution in [0.2, 0.25) is 0 Å². The number of aliphatic carboxylic acids is 1. The van der Waals surface area contributed by atoms with Gasteiger partial charge in [-0.3, -0.25) is 19.3 Å². The largest absolute Gasteiger partial charge is 0.480 e. The number of hydrogen-bond acceptors (Lipinski definition) is 8. The van der Waals surface area contributed by atoms with Crippen LogP contribution in [-0.2, 0) is 20.8 Å². The smallest absolute Gasteiger partial charge is 0.326 e. The Kier molecular flexibility index (Phi) is 15.0. The van der Waals surface area contributed by atoms with Gasteiger partial charge in [0, 0.05) is 43.1 Å². The van der Waals surface area contributed by atoms with E-state index in [2.05, 4.69) is 15.2 Å². The highest BCUT2D eigenvalue weighted by Crippen LogP contribution is 2.31. The Hall–Kier alpha value is -3.15. The maximum Gasteiger partial charge on any atom is 0.326 e. The minimum atomic E-state index is -1.15. The number of ketones is 1. The fraction of sp³-hybridized carbons (Fsp3) is 0.639. The molecule has 47 heavy (non-hydrogen) atoms. The predicted molar refractivity (Wildman–Crippen MR) is 184 cm³/mol. The monoisotopic (exact) mass is 670 g/mol. The Morgan fingerprint density at radius 1 is 1.11 bits per heavy atom. The van der Waals surface area contributed by atoms with E-state index in [0.29, 0.717) is 11.6 Å². The van der Waals surface area contributed by atoms with E-state index >= 15 is 0 Å². The highest BCUT2D eigenvalue weighted by atomic mass is 32.1. The summed E-state index contributed by atoms with van der Waals surface area (Å²) in [5, 5.41) is 25.5. The van der Waals surface area contributed by atoms with Crippen molar-refractivity contribution in [3.63, 3.8) is 0 Å². The Labute approximate surface area is 284 Å². The Balaban J connectivity index is 1.75. The highest BCUT2D eigenvalue weighted by Gasteiger charge is 2.38. The number of nitrogens with zero attached hydrogens (tertiary/aromatic N) is 3. The van der Waals surface area contributed by atoms with Crippen molar-refractivity contribution in [1.82, 2.24) is 20.1 Å². The number of rotatable bonds is 18. The molecule has 0 spiro atoms. The molecule has 11 heteroatoms. The molecular formula is C36H54N4O6S. The van der Waals surface area contributed by atoms with Crippen molar-refractivity contribution in [2.75, 3.05) is 20.1 Å². The van der Waals surface area contributed by atoms with E-state index in [-0.39, 0.29) is 60.6 Å². The fourth-order valence-corrected chi connectivity index (χ4v) is 7.26. The second-order valence-electron chi connectivity index (χ2n) is 13.4. The number of benzene rings is 1. The van der Waals surface area contributed by atoms with E-state index in [4.69, 9.17) is 0 Å². The molecular weight excluding hydrogens is 616 g/mol. The molecule has 3 rings (SSSR count). The number of hydrogen-bond donors (Lipinski definition) is 3. The second-order valence-corrected chi connectivity index (χ2v) is 14.3. The zero-order valence-electron chi connectivity index (χ0n) is 28.9. The van der Waals surface area contributed by atoms with E-state index in [1.54, 1.807) is 12.1 Å². The van der Waals surface area contributed by atoms with Crippen molar-refractivity contribution in [2.45, 2.75) is 110 Å². The summed E-state index contributed by atoms with van der Waals surface area (Å²) in [6.07, 6.45) is 3.95. The number of amides is 2. The summed E-state index contributed by atoms with van der Waals surface area (Å²) in [6.45, 7) is 11.5. The molecule has 10 nitrogen and oxygen atoms in total. The number of Topliss-reactive ketones (excluding diaryl/α,β-unsaturated/α-hetero) is 1. The van der Waals surface area contributed by atoms with Gasteiger partial charge in [0.15, 0.2) is 5.78 Å². The van der Waals surface area contributed by atoms with Crippen molar-refractivity contribution < 1.29 is 29.4 Å². The van der Waals surface area contributed by atoms with Crippen molar-refractivity contribution in [2.24, 2.45) is 17.8 Å². The van der Waals surface area contributed by atoms with Gasteiger partial charge in [-0.05, 0) is 50.3 Å². The molecule has 1 fully saturated rings. The molecule has 2 heterocycles. The number of piperidine rings is 1. The number of thiazole rings is 1. The second kappa shape index (κ2) is 18.4. The van der Waals surface area contributed by atoms with Crippen LogP contribution < -0.4 is 5.32 Å². The Morgan fingerprint density at radius 3 is 2.40 bits per heavy atom. The number of nitrogens with one attached hydrogen (secondary N) is 1. The number of carboxylic acids is 1. The SMILES string of the molecule is CCCN(C(=O)[C@@H](CC(=O)C1CCCCN1C)C(C)CC)[C@H](C[C@@H](O)c1nc(C(=O)N[C@@H](Cc2ccccc2)C(=O)O)cs1)C(C)C. The van der Waals surface area contributed by atoms with Crippen molar-refractivity contribution in [1.29, 1.82) is 0 Å². The third-order valence-electron chi connectivity index (χ3n) is 9.52. The molecule has 260 valence electrons. The number of carbonyl (C=O) groups is 4. The third kappa shape index (κ3) is 10.7. The Morgan fingerprint density at radius 2 is 1.81 bits per heavy atom. The number of aliphatic hydroxyl groups excluding tert-OH is 1. The maximum atomic E-state index is 14.3. The molecule has 1 aromatic heterocycles. The lowest BCUT2D eigenvalue weighted by atomic mass is 9.82. The Bertz CT molecular complexity index is 1320. The zero-order chi connectivity index (χ0) is 34.7. The van der Waals surface area contributed by atoms with Gasteiger partial charge < -0.3 is 20.4 Å². The molecule has 0 aliphatic carbocycles. The summed E-state index contributed by atoms with van der Waals surface area (Å²) in [5.74, 6) is -2.11. The van der Waals surface area contributed by atoms with Gasteiger partial charge in [-0.15, -0.1) is 11.3 Å². The minimum absolute atomic E-state index is 0.00922. The van der Waals surface area contributed by atoms with E-state index < -0.39 is 29.9 Å². The first-order valence-electron chi connectivity index (χ1n) is 17.1. The first kappa shape index (κ1) is 38.3. The number of aromatic nitrogens is 1. The molecule has 6 atom stereocenters. The van der Waals surface area contributed by atoms with Gasteiger partial charge in [0.25, 0.3) is 5.91 Å². The average Bonchev–Trinajstić information content (AvgIpc) is 3.55. The number of aliphatic hydroxyl groups is 1. The van der Waals surface area contributed by atoms with Crippen LogP contribution in [0.1, 0.15) is 107 Å². The van der Waals surface area contributed by atoms with E-state index in [9.17, 15) is 29.4 Å². The number of likely N-dealkylation sites (N-methyl/N-ethyl adjacent to an activating group) is 1. The van der Waals surface area contributed by atoms with E-state index in [0.717, 1.165) is 55.5 Å². The summed E-state index contributed by atoms with van der Waals surface area (Å²) >= 11 is 1.13. The number of carbonyl (C=O) groups excluding carboxylic acids is 3. The number of carboxylic acid groups (broad SMARTS) is 1. The van der Waals surface area contributed by atoms with Gasteiger partial charge >= 0.3 is 5.97 Å². The summed E-state index contributed by atoms with van der Waals surface area (Å²) in [5.41, 5.74) is 0.815. The molecule has 1 saturated heterocycles. The van der Waals surface area contributed by atoms with Crippen LogP contribution in [0, 0.1) is 17.8 Å². The molecule has 0 saturated carbocycles. The molecule has 3 N–H and O–H groups in total. The maximum absolute atomic E-state index is 14.3. The van der Waals surface area contributed by atoms with Gasteiger partial charge in [-0.2, -0.15) is 0 Å². The van der Waals surface area contributed by atoms with Gasteiger partial charge in [0.2, 0.25) is 5.91 Å². The normalized spacial score (nSPS) is 18.6. The van der Waals surface area contributed by atoms with Gasteiger partial charge in [-0.1, -0.05) is 77.8 Å². The molecule has 2 amide bonds. The molecule has 1 aromatic carbocycles. The third-order valence-corrected chi connectivity index (χ3v) is 10.5.